The lowest BCUT2D eigenvalue weighted by atomic mass is 9.85. The molecular formula is C13H22N2O2. The molecule has 0 aromatic heterocycles. The van der Waals surface area contributed by atoms with Crippen LogP contribution in [0.1, 0.15) is 33.6 Å². The van der Waals surface area contributed by atoms with Crippen molar-refractivity contribution in [2.24, 2.45) is 17.6 Å². The number of alkyl carbamates (subject to hydrolysis) is 1. The molecule has 3 N–H and O–H groups in total. The lowest BCUT2D eigenvalue weighted by Crippen LogP contribution is -2.53. The third-order valence-corrected chi connectivity index (χ3v) is 3.51. The van der Waals surface area contributed by atoms with Crippen molar-refractivity contribution >= 4 is 6.09 Å². The number of rotatable bonds is 2. The van der Waals surface area contributed by atoms with Crippen molar-refractivity contribution in [2.45, 2.75) is 44.8 Å². The second kappa shape index (κ2) is 4.02. The summed E-state index contributed by atoms with van der Waals surface area (Å²) in [6, 6.07) is 0. The lowest BCUT2D eigenvalue weighted by Gasteiger charge is -2.31. The highest BCUT2D eigenvalue weighted by molar-refractivity contribution is 5.67. The van der Waals surface area contributed by atoms with Crippen LogP contribution < -0.4 is 11.1 Å². The van der Waals surface area contributed by atoms with Crippen molar-refractivity contribution in [2.75, 3.05) is 6.54 Å². The van der Waals surface area contributed by atoms with E-state index in [4.69, 9.17) is 10.5 Å². The van der Waals surface area contributed by atoms with E-state index in [1.54, 1.807) is 0 Å². The predicted molar refractivity (Wildman–Crippen MR) is 66.5 cm³/mol. The number of hydrogen-bond acceptors (Lipinski definition) is 3. The fourth-order valence-electron chi connectivity index (χ4n) is 2.75. The summed E-state index contributed by atoms with van der Waals surface area (Å²) >= 11 is 0. The number of amides is 1. The van der Waals surface area contributed by atoms with Gasteiger partial charge in [-0.05, 0) is 45.4 Å². The highest BCUT2D eigenvalue weighted by atomic mass is 16.6. The Morgan fingerprint density at radius 2 is 2.24 bits per heavy atom. The molecule has 2 aliphatic rings. The van der Waals surface area contributed by atoms with Gasteiger partial charge in [0.1, 0.15) is 5.60 Å². The molecule has 17 heavy (non-hydrogen) atoms. The van der Waals surface area contributed by atoms with Gasteiger partial charge in [-0.15, -0.1) is 0 Å². The van der Waals surface area contributed by atoms with Crippen molar-refractivity contribution in [3.63, 3.8) is 0 Å². The fraction of sp³-hybridized carbons (Fsp3) is 0.769. The third-order valence-electron chi connectivity index (χ3n) is 3.51. The quantitative estimate of drug-likeness (QED) is 0.721. The number of hydrogen-bond donors (Lipinski definition) is 2. The van der Waals surface area contributed by atoms with Crippen LogP contribution in [0.4, 0.5) is 4.79 Å². The fourth-order valence-corrected chi connectivity index (χ4v) is 2.75. The van der Waals surface area contributed by atoms with Gasteiger partial charge in [0.15, 0.2) is 0 Å². The first kappa shape index (κ1) is 12.4. The van der Waals surface area contributed by atoms with Gasteiger partial charge in [0.25, 0.3) is 0 Å². The molecule has 0 heterocycles. The minimum atomic E-state index is -0.458. The minimum absolute atomic E-state index is 0.281. The summed E-state index contributed by atoms with van der Waals surface area (Å²) in [6.45, 7) is 6.05. The van der Waals surface area contributed by atoms with E-state index < -0.39 is 5.60 Å². The van der Waals surface area contributed by atoms with Crippen molar-refractivity contribution < 1.29 is 9.53 Å². The van der Waals surface area contributed by atoms with E-state index in [9.17, 15) is 4.79 Å². The van der Waals surface area contributed by atoms with Gasteiger partial charge in [-0.2, -0.15) is 0 Å². The summed E-state index contributed by atoms with van der Waals surface area (Å²) in [5.74, 6) is 1.01. The van der Waals surface area contributed by atoms with Gasteiger partial charge in [-0.3, -0.25) is 0 Å². The average molecular weight is 238 g/mol. The molecule has 96 valence electrons. The van der Waals surface area contributed by atoms with Crippen LogP contribution in [0.2, 0.25) is 0 Å². The van der Waals surface area contributed by atoms with E-state index in [0.29, 0.717) is 18.4 Å². The molecule has 1 amide bonds. The number of fused-ring (bicyclic) bond motifs is 2. The number of carbonyl (C=O) groups is 1. The largest absolute Gasteiger partial charge is 0.444 e. The Labute approximate surface area is 103 Å². The molecule has 3 atom stereocenters. The van der Waals surface area contributed by atoms with Crippen LogP contribution in [-0.2, 0) is 4.74 Å². The van der Waals surface area contributed by atoms with Crippen molar-refractivity contribution in [3.8, 4) is 0 Å². The van der Waals surface area contributed by atoms with Crippen LogP contribution in [-0.4, -0.2) is 23.8 Å². The molecule has 0 saturated heterocycles. The number of carbonyl (C=O) groups excluding carboxylic acids is 1. The van der Waals surface area contributed by atoms with Gasteiger partial charge in [0.2, 0.25) is 0 Å². The second-order valence-corrected chi connectivity index (χ2v) is 6.28. The Kier molecular flexibility index (Phi) is 2.94. The van der Waals surface area contributed by atoms with Gasteiger partial charge in [-0.1, -0.05) is 12.2 Å². The first-order valence-corrected chi connectivity index (χ1v) is 6.23. The van der Waals surface area contributed by atoms with Gasteiger partial charge in [0, 0.05) is 12.1 Å². The number of nitrogens with two attached hydrogens (primary N) is 1. The SMILES string of the molecule is CC(C)(C)OC(=O)NCC1(N)CC2C=CC1C2. The molecule has 0 aromatic rings. The average Bonchev–Trinajstić information content (AvgIpc) is 2.72. The van der Waals surface area contributed by atoms with Crippen molar-refractivity contribution in [3.05, 3.63) is 12.2 Å². The zero-order valence-corrected chi connectivity index (χ0v) is 10.8. The number of nitrogens with one attached hydrogen (secondary N) is 1. The maximum Gasteiger partial charge on any atom is 0.407 e. The zero-order valence-electron chi connectivity index (χ0n) is 10.8. The molecule has 1 fully saturated rings. The highest BCUT2D eigenvalue weighted by Gasteiger charge is 2.45. The second-order valence-electron chi connectivity index (χ2n) is 6.28. The Morgan fingerprint density at radius 1 is 1.53 bits per heavy atom. The van der Waals surface area contributed by atoms with Crippen LogP contribution in [0.15, 0.2) is 12.2 Å². The molecule has 0 radical (unpaired) electrons. The van der Waals surface area contributed by atoms with Crippen molar-refractivity contribution in [1.82, 2.24) is 5.32 Å². The first-order chi connectivity index (χ1) is 7.78. The van der Waals surface area contributed by atoms with E-state index in [-0.39, 0.29) is 11.6 Å². The predicted octanol–water partition coefficient (Wildman–Crippen LogP) is 1.80. The molecule has 2 rings (SSSR count). The maximum absolute atomic E-state index is 11.6. The number of ether oxygens (including phenoxy) is 1. The van der Waals surface area contributed by atoms with Crippen LogP contribution in [0.5, 0.6) is 0 Å². The smallest absolute Gasteiger partial charge is 0.407 e. The summed E-state index contributed by atoms with van der Waals surface area (Å²) in [5.41, 5.74) is 5.60. The Hall–Kier alpha value is -1.03. The van der Waals surface area contributed by atoms with Crippen LogP contribution in [0.3, 0.4) is 0 Å². The monoisotopic (exact) mass is 238 g/mol. The summed E-state index contributed by atoms with van der Waals surface area (Å²) in [6.07, 6.45) is 6.14. The Bertz CT molecular complexity index is 346. The molecule has 2 aliphatic carbocycles. The molecule has 1 saturated carbocycles. The minimum Gasteiger partial charge on any atom is -0.444 e. The number of allylic oxidation sites excluding steroid dienone is 1. The van der Waals surface area contributed by atoms with Gasteiger partial charge >= 0.3 is 6.09 Å². The van der Waals surface area contributed by atoms with E-state index >= 15 is 0 Å². The van der Waals surface area contributed by atoms with Crippen LogP contribution in [0, 0.1) is 11.8 Å². The highest BCUT2D eigenvalue weighted by Crippen LogP contribution is 2.44. The Morgan fingerprint density at radius 3 is 2.71 bits per heavy atom. The summed E-state index contributed by atoms with van der Waals surface area (Å²) in [7, 11) is 0. The maximum atomic E-state index is 11.6. The molecule has 4 nitrogen and oxygen atoms in total. The van der Waals surface area contributed by atoms with E-state index in [0.717, 1.165) is 12.8 Å². The van der Waals surface area contributed by atoms with Crippen LogP contribution in [0.25, 0.3) is 0 Å². The first-order valence-electron chi connectivity index (χ1n) is 6.23. The molecule has 0 spiro atoms. The normalized spacial score (nSPS) is 35.1. The summed E-state index contributed by atoms with van der Waals surface area (Å²) in [5, 5.41) is 2.79. The molecule has 4 heteroatoms. The van der Waals surface area contributed by atoms with Crippen molar-refractivity contribution in [1.29, 1.82) is 0 Å². The summed E-state index contributed by atoms with van der Waals surface area (Å²) in [4.78, 5) is 11.6. The van der Waals surface area contributed by atoms with E-state index in [1.165, 1.54) is 0 Å². The lowest BCUT2D eigenvalue weighted by molar-refractivity contribution is 0.0511. The standard InChI is InChI=1S/C13H22N2O2/c1-12(2,3)17-11(16)15-8-13(14)7-9-4-5-10(13)6-9/h4-5,9-10H,6-8,14H2,1-3H3,(H,15,16). The van der Waals surface area contributed by atoms with Gasteiger partial charge < -0.3 is 15.8 Å². The zero-order chi connectivity index (χ0) is 12.7. The van der Waals surface area contributed by atoms with E-state index in [1.807, 2.05) is 20.8 Å². The third kappa shape index (κ3) is 2.80. The topological polar surface area (TPSA) is 64.3 Å². The van der Waals surface area contributed by atoms with E-state index in [2.05, 4.69) is 17.5 Å². The Balaban J connectivity index is 1.83. The molecular weight excluding hydrogens is 216 g/mol. The molecule has 3 unspecified atom stereocenters. The summed E-state index contributed by atoms with van der Waals surface area (Å²) < 4.78 is 5.20. The van der Waals surface area contributed by atoms with Crippen LogP contribution >= 0.6 is 0 Å². The molecule has 0 aliphatic heterocycles. The molecule has 2 bridgehead atoms. The van der Waals surface area contributed by atoms with Gasteiger partial charge in [-0.25, -0.2) is 4.79 Å². The van der Waals surface area contributed by atoms with Gasteiger partial charge in [0.05, 0.1) is 0 Å². The molecule has 0 aromatic carbocycles.